The van der Waals surface area contributed by atoms with Crippen molar-refractivity contribution in [3.05, 3.63) is 18.2 Å². The topological polar surface area (TPSA) is 72.7 Å². The molecule has 0 radical (unpaired) electrons. The first kappa shape index (κ1) is 26.1. The van der Waals surface area contributed by atoms with E-state index in [2.05, 4.69) is 52.9 Å². The minimum Gasteiger partial charge on any atom is -0.379 e. The molecule has 0 amide bonds. The van der Waals surface area contributed by atoms with E-state index in [-0.39, 0.29) is 24.0 Å². The second-order valence-electron chi connectivity index (χ2n) is 6.59. The average Bonchev–Trinajstić information content (AvgIpc) is 3.04. The summed E-state index contributed by atoms with van der Waals surface area (Å²) >= 11 is 0. The van der Waals surface area contributed by atoms with Crippen molar-refractivity contribution >= 4 is 29.9 Å². The van der Waals surface area contributed by atoms with Crippen LogP contribution in [0.1, 0.15) is 46.4 Å². The molecule has 0 bridgehead atoms. The SMILES string of the molecule is CCCCOCCOCCNC(=NCc1nccn1CC(C)C)NCC.I. The number of imidazole rings is 1. The molecular formula is C19H38IN5O2. The number of ether oxygens (including phenoxy) is 2. The monoisotopic (exact) mass is 495 g/mol. The molecule has 1 aromatic heterocycles. The summed E-state index contributed by atoms with van der Waals surface area (Å²) < 4.78 is 13.2. The summed E-state index contributed by atoms with van der Waals surface area (Å²) in [5.41, 5.74) is 0. The van der Waals surface area contributed by atoms with Gasteiger partial charge in [0.05, 0.1) is 19.8 Å². The Labute approximate surface area is 181 Å². The number of nitrogens with zero attached hydrogens (tertiary/aromatic N) is 3. The minimum atomic E-state index is 0. The Bertz CT molecular complexity index is 494. The summed E-state index contributed by atoms with van der Waals surface area (Å²) in [6.07, 6.45) is 6.13. The summed E-state index contributed by atoms with van der Waals surface area (Å²) in [4.78, 5) is 9.04. The largest absolute Gasteiger partial charge is 0.379 e. The van der Waals surface area contributed by atoms with E-state index in [0.29, 0.717) is 38.8 Å². The van der Waals surface area contributed by atoms with Gasteiger partial charge in [-0.25, -0.2) is 9.98 Å². The van der Waals surface area contributed by atoms with Gasteiger partial charge in [-0.15, -0.1) is 24.0 Å². The molecule has 0 unspecified atom stereocenters. The van der Waals surface area contributed by atoms with Crippen molar-refractivity contribution in [1.82, 2.24) is 20.2 Å². The second kappa shape index (κ2) is 17.2. The zero-order chi connectivity index (χ0) is 19.0. The number of rotatable bonds is 14. The van der Waals surface area contributed by atoms with Crippen molar-refractivity contribution in [3.8, 4) is 0 Å². The Kier molecular flexibility index (Phi) is 16.7. The molecule has 0 fully saturated rings. The molecule has 0 aliphatic rings. The van der Waals surface area contributed by atoms with Gasteiger partial charge >= 0.3 is 0 Å². The van der Waals surface area contributed by atoms with Gasteiger partial charge in [-0.2, -0.15) is 0 Å². The maximum Gasteiger partial charge on any atom is 0.191 e. The fourth-order valence-corrected chi connectivity index (χ4v) is 2.35. The molecule has 7 nitrogen and oxygen atoms in total. The van der Waals surface area contributed by atoms with Crippen molar-refractivity contribution in [2.24, 2.45) is 10.9 Å². The van der Waals surface area contributed by atoms with E-state index in [1.54, 1.807) is 0 Å². The Morgan fingerprint density at radius 3 is 2.56 bits per heavy atom. The molecule has 0 saturated carbocycles. The molecule has 0 aliphatic heterocycles. The van der Waals surface area contributed by atoms with Crippen molar-refractivity contribution in [2.45, 2.75) is 53.6 Å². The zero-order valence-corrected chi connectivity index (χ0v) is 19.7. The van der Waals surface area contributed by atoms with Crippen molar-refractivity contribution < 1.29 is 9.47 Å². The van der Waals surface area contributed by atoms with E-state index < -0.39 is 0 Å². The van der Waals surface area contributed by atoms with E-state index in [0.717, 1.165) is 44.3 Å². The number of halogens is 1. The lowest BCUT2D eigenvalue weighted by Crippen LogP contribution is -2.39. The van der Waals surface area contributed by atoms with Crippen LogP contribution in [0.25, 0.3) is 0 Å². The Balaban J connectivity index is 0.00000676. The highest BCUT2D eigenvalue weighted by atomic mass is 127. The predicted octanol–water partition coefficient (Wildman–Crippen LogP) is 3.05. The van der Waals surface area contributed by atoms with Crippen molar-refractivity contribution in [1.29, 1.82) is 0 Å². The van der Waals surface area contributed by atoms with Crippen LogP contribution in [0.5, 0.6) is 0 Å². The van der Waals surface area contributed by atoms with Crippen molar-refractivity contribution in [2.75, 3.05) is 39.5 Å². The van der Waals surface area contributed by atoms with Crippen LogP contribution in [0.4, 0.5) is 0 Å². The van der Waals surface area contributed by atoms with Gasteiger partial charge in [0.15, 0.2) is 5.96 Å². The summed E-state index contributed by atoms with van der Waals surface area (Å²) in [5, 5.41) is 6.54. The Morgan fingerprint density at radius 2 is 1.89 bits per heavy atom. The normalized spacial score (nSPS) is 11.5. The Hall–Kier alpha value is -0.870. The van der Waals surface area contributed by atoms with Crippen LogP contribution in [0.15, 0.2) is 17.4 Å². The second-order valence-corrected chi connectivity index (χ2v) is 6.59. The predicted molar refractivity (Wildman–Crippen MR) is 122 cm³/mol. The molecule has 0 saturated heterocycles. The molecule has 1 aromatic rings. The fourth-order valence-electron chi connectivity index (χ4n) is 2.35. The van der Waals surface area contributed by atoms with Crippen LogP contribution < -0.4 is 10.6 Å². The Morgan fingerprint density at radius 1 is 1.15 bits per heavy atom. The lowest BCUT2D eigenvalue weighted by molar-refractivity contribution is 0.0487. The summed E-state index contributed by atoms with van der Waals surface area (Å²) in [6.45, 7) is 14.4. The molecular weight excluding hydrogens is 457 g/mol. The van der Waals surface area contributed by atoms with Gasteiger partial charge in [-0.05, 0) is 19.3 Å². The van der Waals surface area contributed by atoms with Gasteiger partial charge in [-0.3, -0.25) is 0 Å². The first-order valence-corrected chi connectivity index (χ1v) is 9.85. The van der Waals surface area contributed by atoms with Gasteiger partial charge in [-0.1, -0.05) is 27.2 Å². The number of nitrogens with one attached hydrogen (secondary N) is 2. The molecule has 0 spiro atoms. The number of guanidine groups is 1. The van der Waals surface area contributed by atoms with Crippen LogP contribution in [0.2, 0.25) is 0 Å². The van der Waals surface area contributed by atoms with Crippen LogP contribution in [-0.4, -0.2) is 55.0 Å². The van der Waals surface area contributed by atoms with E-state index >= 15 is 0 Å². The van der Waals surface area contributed by atoms with Gasteiger partial charge in [0, 0.05) is 38.6 Å². The molecule has 8 heteroatoms. The molecule has 0 aromatic carbocycles. The first-order chi connectivity index (χ1) is 12.7. The van der Waals surface area contributed by atoms with Crippen LogP contribution in [-0.2, 0) is 22.6 Å². The third kappa shape index (κ3) is 13.0. The molecule has 27 heavy (non-hydrogen) atoms. The van der Waals surface area contributed by atoms with Crippen LogP contribution in [0, 0.1) is 5.92 Å². The van der Waals surface area contributed by atoms with Gasteiger partial charge in [0.1, 0.15) is 12.4 Å². The summed E-state index contributed by atoms with van der Waals surface area (Å²) in [6, 6.07) is 0. The molecule has 0 atom stereocenters. The smallest absolute Gasteiger partial charge is 0.191 e. The lowest BCUT2D eigenvalue weighted by Gasteiger charge is -2.12. The maximum absolute atomic E-state index is 5.57. The highest BCUT2D eigenvalue weighted by Gasteiger charge is 2.05. The number of aromatic nitrogens is 2. The molecule has 158 valence electrons. The van der Waals surface area contributed by atoms with Gasteiger partial charge in [0.25, 0.3) is 0 Å². The number of aliphatic imine (C=N–C) groups is 1. The van der Waals surface area contributed by atoms with E-state index in [1.807, 2.05) is 12.4 Å². The van der Waals surface area contributed by atoms with E-state index in [9.17, 15) is 0 Å². The summed E-state index contributed by atoms with van der Waals surface area (Å²) in [5.74, 6) is 2.35. The highest BCUT2D eigenvalue weighted by Crippen LogP contribution is 2.04. The summed E-state index contributed by atoms with van der Waals surface area (Å²) in [7, 11) is 0. The first-order valence-electron chi connectivity index (χ1n) is 9.85. The molecule has 0 aliphatic carbocycles. The number of unbranched alkanes of at least 4 members (excludes halogenated alkanes) is 1. The van der Waals surface area contributed by atoms with Crippen LogP contribution in [0.3, 0.4) is 0 Å². The lowest BCUT2D eigenvalue weighted by atomic mass is 10.2. The number of hydrogen-bond donors (Lipinski definition) is 2. The van der Waals surface area contributed by atoms with Crippen molar-refractivity contribution in [3.63, 3.8) is 0 Å². The third-order valence-electron chi connectivity index (χ3n) is 3.64. The molecule has 2 N–H and O–H groups in total. The third-order valence-corrected chi connectivity index (χ3v) is 3.64. The molecule has 1 rings (SSSR count). The average molecular weight is 495 g/mol. The quantitative estimate of drug-likeness (QED) is 0.180. The van der Waals surface area contributed by atoms with Crippen LogP contribution >= 0.6 is 24.0 Å². The molecule has 1 heterocycles. The van der Waals surface area contributed by atoms with E-state index in [1.165, 1.54) is 0 Å². The fraction of sp³-hybridized carbons (Fsp3) is 0.789. The minimum absolute atomic E-state index is 0. The number of hydrogen-bond acceptors (Lipinski definition) is 4. The van der Waals surface area contributed by atoms with E-state index in [4.69, 9.17) is 9.47 Å². The maximum atomic E-state index is 5.57. The van der Waals surface area contributed by atoms with Gasteiger partial charge < -0.3 is 24.7 Å². The standard InChI is InChI=1S/C19H37N5O2.HI/c1-5-7-11-25-13-14-26-12-9-22-19(20-6-2)23-15-18-21-8-10-24(18)16-17(3)4;/h8,10,17H,5-7,9,11-16H2,1-4H3,(H2,20,22,23);1H. The zero-order valence-electron chi connectivity index (χ0n) is 17.4. The highest BCUT2D eigenvalue weighted by molar-refractivity contribution is 14.0. The van der Waals surface area contributed by atoms with Gasteiger partial charge in [0.2, 0.25) is 0 Å².